The number of benzene rings is 3. The fraction of sp³-hybridized carbons (Fsp3) is 0.0952. The first-order valence-electron chi connectivity index (χ1n) is 8.48. The van der Waals surface area contributed by atoms with Crippen molar-refractivity contribution in [3.05, 3.63) is 89.5 Å². The molecule has 0 fully saturated rings. The van der Waals surface area contributed by atoms with Crippen LogP contribution in [-0.2, 0) is 4.57 Å². The van der Waals surface area contributed by atoms with Crippen LogP contribution in [0.15, 0.2) is 72.8 Å². The standard InChI is InChI=1S/C21H19O6P/c1-15-3-9-18(10-4-15)25-28(24,26-19-11-5-16(2)6-12-19)27-20-13-7-17(8-14-20)21(22)23/h3-14H,1-2H3,(H,22,23). The van der Waals surface area contributed by atoms with Gasteiger partial charge in [-0.2, -0.15) is 4.57 Å². The van der Waals surface area contributed by atoms with E-state index in [1.165, 1.54) is 24.3 Å². The monoisotopic (exact) mass is 398 g/mol. The summed E-state index contributed by atoms with van der Waals surface area (Å²) in [6.45, 7) is 3.85. The molecule has 3 aromatic rings. The van der Waals surface area contributed by atoms with Crippen molar-refractivity contribution >= 4 is 13.8 Å². The summed E-state index contributed by atoms with van der Waals surface area (Å²) in [4.78, 5) is 11.0. The summed E-state index contributed by atoms with van der Waals surface area (Å²) in [6, 6.07) is 19.4. The number of phosphoric acid groups is 1. The number of aryl methyl sites for hydroxylation is 2. The Morgan fingerprint density at radius 2 is 1.00 bits per heavy atom. The molecule has 0 amide bonds. The van der Waals surface area contributed by atoms with Gasteiger partial charge in [0.25, 0.3) is 0 Å². The van der Waals surface area contributed by atoms with Crippen molar-refractivity contribution in [1.29, 1.82) is 0 Å². The van der Waals surface area contributed by atoms with Gasteiger partial charge in [-0.05, 0) is 62.4 Å². The van der Waals surface area contributed by atoms with Gasteiger partial charge in [-0.15, -0.1) is 0 Å². The summed E-state index contributed by atoms with van der Waals surface area (Å²) >= 11 is 0. The Bertz CT molecular complexity index is 943. The zero-order valence-electron chi connectivity index (χ0n) is 15.4. The number of phosphoric ester groups is 1. The summed E-state index contributed by atoms with van der Waals surface area (Å²) in [7, 11) is -4.10. The van der Waals surface area contributed by atoms with E-state index in [-0.39, 0.29) is 11.3 Å². The second-order valence-corrected chi connectivity index (χ2v) is 7.62. The van der Waals surface area contributed by atoms with Gasteiger partial charge in [0.05, 0.1) is 5.56 Å². The fourth-order valence-corrected chi connectivity index (χ4v) is 3.55. The second-order valence-electron chi connectivity index (χ2n) is 6.18. The molecule has 0 bridgehead atoms. The lowest BCUT2D eigenvalue weighted by molar-refractivity contribution is 0.0697. The van der Waals surface area contributed by atoms with E-state index in [4.69, 9.17) is 18.7 Å². The predicted octanol–water partition coefficient (Wildman–Crippen LogP) is 5.65. The minimum absolute atomic E-state index is 0.0843. The molecule has 0 saturated carbocycles. The van der Waals surface area contributed by atoms with Gasteiger partial charge in [-0.1, -0.05) is 35.4 Å². The Balaban J connectivity index is 1.88. The van der Waals surface area contributed by atoms with Crippen LogP contribution >= 0.6 is 7.82 Å². The molecule has 0 aliphatic heterocycles. The van der Waals surface area contributed by atoms with Crippen LogP contribution in [0.1, 0.15) is 21.5 Å². The zero-order chi connectivity index (χ0) is 20.1. The molecule has 0 aromatic heterocycles. The van der Waals surface area contributed by atoms with Gasteiger partial charge in [0.2, 0.25) is 0 Å². The van der Waals surface area contributed by atoms with E-state index in [1.807, 2.05) is 38.1 Å². The third-order valence-corrected chi connectivity index (χ3v) is 5.10. The topological polar surface area (TPSA) is 82.1 Å². The van der Waals surface area contributed by atoms with Crippen LogP contribution in [0.2, 0.25) is 0 Å². The summed E-state index contributed by atoms with van der Waals surface area (Å²) in [5.41, 5.74) is 2.12. The molecule has 0 spiro atoms. The van der Waals surface area contributed by atoms with Gasteiger partial charge in [0, 0.05) is 0 Å². The van der Waals surface area contributed by atoms with E-state index in [1.54, 1.807) is 24.3 Å². The number of carboxylic acids is 1. The molecule has 1 N–H and O–H groups in total. The minimum Gasteiger partial charge on any atom is -0.478 e. The molecular weight excluding hydrogens is 379 g/mol. The minimum atomic E-state index is -4.10. The molecular formula is C21H19O6P. The first-order chi connectivity index (χ1) is 13.3. The van der Waals surface area contributed by atoms with E-state index in [9.17, 15) is 9.36 Å². The quantitative estimate of drug-likeness (QED) is 0.518. The molecule has 0 aliphatic rings. The highest BCUT2D eigenvalue weighted by Crippen LogP contribution is 2.49. The average Bonchev–Trinajstić information content (AvgIpc) is 2.66. The first kappa shape index (κ1) is 19.5. The van der Waals surface area contributed by atoms with E-state index >= 15 is 0 Å². The number of hydrogen-bond donors (Lipinski definition) is 1. The second kappa shape index (κ2) is 8.19. The van der Waals surface area contributed by atoms with E-state index in [0.717, 1.165) is 11.1 Å². The number of carbonyl (C=O) groups is 1. The summed E-state index contributed by atoms with van der Waals surface area (Å²) in [5, 5.41) is 9.00. The van der Waals surface area contributed by atoms with Crippen LogP contribution in [0, 0.1) is 13.8 Å². The van der Waals surface area contributed by atoms with Crippen molar-refractivity contribution in [2.45, 2.75) is 13.8 Å². The van der Waals surface area contributed by atoms with E-state index < -0.39 is 13.8 Å². The molecule has 0 saturated heterocycles. The number of hydrogen-bond acceptors (Lipinski definition) is 5. The Hall–Kier alpha value is -3.24. The third kappa shape index (κ3) is 5.15. The molecule has 0 atom stereocenters. The van der Waals surface area contributed by atoms with Gasteiger partial charge in [0.15, 0.2) is 0 Å². The van der Waals surface area contributed by atoms with Gasteiger partial charge < -0.3 is 18.7 Å². The van der Waals surface area contributed by atoms with Gasteiger partial charge >= 0.3 is 13.8 Å². The summed E-state index contributed by atoms with van der Waals surface area (Å²) in [5.74, 6) is -0.263. The maximum absolute atomic E-state index is 13.3. The molecule has 0 unspecified atom stereocenters. The van der Waals surface area contributed by atoms with E-state index in [2.05, 4.69) is 0 Å². The molecule has 0 aliphatic carbocycles. The molecule has 3 aromatic carbocycles. The first-order valence-corrected chi connectivity index (χ1v) is 9.95. The van der Waals surface area contributed by atoms with Crippen molar-refractivity contribution in [3.8, 4) is 17.2 Å². The molecule has 0 radical (unpaired) electrons. The Morgan fingerprint density at radius 3 is 1.32 bits per heavy atom. The lowest BCUT2D eigenvalue weighted by Gasteiger charge is -2.19. The smallest absolute Gasteiger partial charge is 0.478 e. The van der Waals surface area contributed by atoms with Gasteiger partial charge in [0.1, 0.15) is 17.2 Å². The lowest BCUT2D eigenvalue weighted by Crippen LogP contribution is -2.08. The summed E-state index contributed by atoms with van der Waals surface area (Å²) < 4.78 is 30.0. The maximum Gasteiger partial charge on any atom is 0.647 e. The highest BCUT2D eigenvalue weighted by molar-refractivity contribution is 7.49. The van der Waals surface area contributed by atoms with Crippen LogP contribution in [0.25, 0.3) is 0 Å². The average molecular weight is 398 g/mol. The molecule has 28 heavy (non-hydrogen) atoms. The zero-order valence-corrected chi connectivity index (χ0v) is 16.3. The van der Waals surface area contributed by atoms with Gasteiger partial charge in [-0.3, -0.25) is 0 Å². The number of carboxylic acid groups (broad SMARTS) is 1. The fourth-order valence-electron chi connectivity index (χ4n) is 2.30. The highest BCUT2D eigenvalue weighted by Gasteiger charge is 2.33. The van der Waals surface area contributed by atoms with Crippen LogP contribution in [0.3, 0.4) is 0 Å². The SMILES string of the molecule is Cc1ccc(OP(=O)(Oc2ccc(C)cc2)Oc2ccc(C(=O)O)cc2)cc1. The highest BCUT2D eigenvalue weighted by atomic mass is 31.2. The predicted molar refractivity (Wildman–Crippen MR) is 105 cm³/mol. The molecule has 7 heteroatoms. The van der Waals surface area contributed by atoms with Crippen LogP contribution < -0.4 is 13.6 Å². The third-order valence-electron chi connectivity index (χ3n) is 3.79. The summed E-state index contributed by atoms with van der Waals surface area (Å²) in [6.07, 6.45) is 0. The Morgan fingerprint density at radius 1 is 0.679 bits per heavy atom. The number of aromatic carboxylic acids is 1. The van der Waals surface area contributed by atoms with Crippen LogP contribution in [-0.4, -0.2) is 11.1 Å². The number of rotatable bonds is 7. The van der Waals surface area contributed by atoms with Crippen molar-refractivity contribution in [1.82, 2.24) is 0 Å². The molecule has 0 heterocycles. The van der Waals surface area contributed by atoms with Crippen LogP contribution in [0.4, 0.5) is 0 Å². The van der Waals surface area contributed by atoms with E-state index in [0.29, 0.717) is 11.5 Å². The Labute approximate surface area is 162 Å². The lowest BCUT2D eigenvalue weighted by atomic mass is 10.2. The van der Waals surface area contributed by atoms with Crippen molar-refractivity contribution < 1.29 is 28.0 Å². The molecule has 6 nitrogen and oxygen atoms in total. The maximum atomic E-state index is 13.3. The Kier molecular flexibility index (Phi) is 5.71. The largest absolute Gasteiger partial charge is 0.647 e. The van der Waals surface area contributed by atoms with Crippen molar-refractivity contribution in [2.24, 2.45) is 0 Å². The van der Waals surface area contributed by atoms with Crippen LogP contribution in [0.5, 0.6) is 17.2 Å². The van der Waals surface area contributed by atoms with Crippen molar-refractivity contribution in [2.75, 3.05) is 0 Å². The van der Waals surface area contributed by atoms with Gasteiger partial charge in [-0.25, -0.2) is 4.79 Å². The van der Waals surface area contributed by atoms with Crippen molar-refractivity contribution in [3.63, 3.8) is 0 Å². The molecule has 3 rings (SSSR count). The molecule has 144 valence electrons. The normalized spacial score (nSPS) is 10.9.